The summed E-state index contributed by atoms with van der Waals surface area (Å²) in [5, 5.41) is 3.76. The fourth-order valence-electron chi connectivity index (χ4n) is 2.37. The minimum Gasteiger partial charge on any atom is -0.318 e. The lowest BCUT2D eigenvalue weighted by Gasteiger charge is -2.34. The van der Waals surface area contributed by atoms with Gasteiger partial charge in [-0.3, -0.25) is 4.79 Å². The number of amides is 2. The van der Waals surface area contributed by atoms with Gasteiger partial charge in [-0.15, -0.1) is 0 Å². The largest absolute Gasteiger partial charge is 0.432 e. The normalized spacial score (nSPS) is 19.0. The van der Waals surface area contributed by atoms with E-state index in [9.17, 15) is 14.0 Å². The summed E-state index contributed by atoms with van der Waals surface area (Å²) in [5.74, 6) is -0.589. The highest BCUT2D eigenvalue weighted by molar-refractivity contribution is 5.79. The monoisotopic (exact) mass is 308 g/mol. The Morgan fingerprint density at radius 1 is 1.32 bits per heavy atom. The van der Waals surface area contributed by atoms with Crippen LogP contribution in [0.15, 0.2) is 24.3 Å². The molecule has 5 nitrogen and oxygen atoms in total. The van der Waals surface area contributed by atoms with E-state index in [1.165, 1.54) is 12.1 Å². The minimum absolute atomic E-state index is 0.246. The predicted octanol–water partition coefficient (Wildman–Crippen LogP) is 3.32. The van der Waals surface area contributed by atoms with Gasteiger partial charge in [0.2, 0.25) is 0 Å². The van der Waals surface area contributed by atoms with Gasteiger partial charge in [0.05, 0.1) is 6.04 Å². The summed E-state index contributed by atoms with van der Waals surface area (Å²) in [6.07, 6.45) is 1.04. The predicted molar refractivity (Wildman–Crippen MR) is 79.2 cm³/mol. The second-order valence-electron chi connectivity index (χ2n) is 6.43. The van der Waals surface area contributed by atoms with Crippen LogP contribution < -0.4 is 5.32 Å². The molecule has 2 rings (SSSR count). The number of carbonyl (C=O) groups is 2. The van der Waals surface area contributed by atoms with E-state index in [0.29, 0.717) is 19.3 Å². The van der Waals surface area contributed by atoms with E-state index in [2.05, 4.69) is 5.32 Å². The number of hydroxylamine groups is 2. The first-order valence-electron chi connectivity index (χ1n) is 7.34. The van der Waals surface area contributed by atoms with Crippen molar-refractivity contribution in [3.8, 4) is 0 Å². The van der Waals surface area contributed by atoms with E-state index in [1.54, 1.807) is 12.1 Å². The van der Waals surface area contributed by atoms with Crippen molar-refractivity contribution >= 4 is 12.0 Å². The van der Waals surface area contributed by atoms with E-state index in [4.69, 9.17) is 4.84 Å². The van der Waals surface area contributed by atoms with Crippen molar-refractivity contribution in [3.05, 3.63) is 35.6 Å². The minimum atomic E-state index is -0.671. The highest BCUT2D eigenvalue weighted by Crippen LogP contribution is 2.32. The lowest BCUT2D eigenvalue weighted by molar-refractivity contribution is -0.183. The van der Waals surface area contributed by atoms with Crippen molar-refractivity contribution in [2.75, 3.05) is 0 Å². The smallest absolute Gasteiger partial charge is 0.318 e. The second kappa shape index (κ2) is 6.34. The highest BCUT2D eigenvalue weighted by Gasteiger charge is 2.33. The van der Waals surface area contributed by atoms with Crippen LogP contribution in [0.5, 0.6) is 0 Å². The van der Waals surface area contributed by atoms with Crippen molar-refractivity contribution in [1.29, 1.82) is 0 Å². The number of nitrogens with one attached hydrogen (secondary N) is 1. The third-order valence-corrected chi connectivity index (χ3v) is 3.31. The summed E-state index contributed by atoms with van der Waals surface area (Å²) in [5.41, 5.74) is 0.291. The van der Waals surface area contributed by atoms with Crippen molar-refractivity contribution in [2.24, 2.45) is 0 Å². The molecule has 0 aliphatic carbocycles. The molecule has 2 amide bonds. The van der Waals surface area contributed by atoms with Gasteiger partial charge in [0.25, 0.3) is 5.91 Å². The van der Waals surface area contributed by atoms with Crippen molar-refractivity contribution < 1.29 is 18.8 Å². The SMILES string of the molecule is CC(C)(C)NC(=O)ON1C(=O)CCCC1c1ccc(F)cc1. The zero-order valence-electron chi connectivity index (χ0n) is 13.1. The Kier molecular flexibility index (Phi) is 4.68. The molecule has 1 saturated heterocycles. The van der Waals surface area contributed by atoms with Crippen LogP contribution >= 0.6 is 0 Å². The van der Waals surface area contributed by atoms with Crippen LogP contribution in [0, 0.1) is 5.82 Å². The van der Waals surface area contributed by atoms with Gasteiger partial charge in [-0.25, -0.2) is 9.18 Å². The average molecular weight is 308 g/mol. The Balaban J connectivity index is 2.15. The highest BCUT2D eigenvalue weighted by atomic mass is 19.1. The molecule has 1 heterocycles. The molecule has 1 aromatic carbocycles. The Labute approximate surface area is 129 Å². The fraction of sp³-hybridized carbons (Fsp3) is 0.500. The molecular formula is C16H21FN2O3. The summed E-state index contributed by atoms with van der Waals surface area (Å²) in [4.78, 5) is 29.2. The van der Waals surface area contributed by atoms with Gasteiger partial charge in [0.1, 0.15) is 5.82 Å². The Hall–Kier alpha value is -2.11. The molecule has 1 fully saturated rings. The number of piperidine rings is 1. The van der Waals surface area contributed by atoms with Crippen LogP contribution in [0.1, 0.15) is 51.6 Å². The standard InChI is InChI=1S/C16H21FN2O3/c1-16(2,3)18-15(21)22-19-13(5-4-6-14(19)20)11-7-9-12(17)10-8-11/h7-10,13H,4-6H2,1-3H3,(H,18,21). The van der Waals surface area contributed by atoms with Crippen LogP contribution in [-0.2, 0) is 9.63 Å². The number of rotatable bonds is 2. The van der Waals surface area contributed by atoms with Gasteiger partial charge in [0.15, 0.2) is 0 Å². The molecule has 1 atom stereocenters. The van der Waals surface area contributed by atoms with E-state index in [0.717, 1.165) is 10.6 Å². The average Bonchev–Trinajstić information content (AvgIpc) is 2.40. The maximum atomic E-state index is 13.0. The third kappa shape index (κ3) is 4.19. The van der Waals surface area contributed by atoms with Crippen LogP contribution in [0.4, 0.5) is 9.18 Å². The van der Waals surface area contributed by atoms with Gasteiger partial charge < -0.3 is 10.2 Å². The van der Waals surface area contributed by atoms with Gasteiger partial charge >= 0.3 is 6.09 Å². The number of halogens is 1. The van der Waals surface area contributed by atoms with Gasteiger partial charge in [0, 0.05) is 12.0 Å². The van der Waals surface area contributed by atoms with Crippen molar-refractivity contribution in [1.82, 2.24) is 10.4 Å². The van der Waals surface area contributed by atoms with E-state index in [1.807, 2.05) is 20.8 Å². The summed E-state index contributed by atoms with van der Waals surface area (Å²) >= 11 is 0. The number of hydrogen-bond acceptors (Lipinski definition) is 3. The molecule has 0 spiro atoms. The van der Waals surface area contributed by atoms with Gasteiger partial charge in [-0.05, 0) is 51.3 Å². The summed E-state index contributed by atoms with van der Waals surface area (Å²) < 4.78 is 13.0. The number of benzene rings is 1. The first-order valence-corrected chi connectivity index (χ1v) is 7.34. The summed E-state index contributed by atoms with van der Waals surface area (Å²) in [7, 11) is 0. The molecule has 0 radical (unpaired) electrons. The van der Waals surface area contributed by atoms with E-state index < -0.39 is 11.6 Å². The number of hydrogen-bond donors (Lipinski definition) is 1. The fourth-order valence-corrected chi connectivity index (χ4v) is 2.37. The van der Waals surface area contributed by atoms with Crippen molar-refractivity contribution in [3.63, 3.8) is 0 Å². The first kappa shape index (κ1) is 16.3. The molecule has 120 valence electrons. The summed E-state index contributed by atoms with van der Waals surface area (Å²) in [6, 6.07) is 5.50. The lowest BCUT2D eigenvalue weighted by Crippen LogP contribution is -2.47. The van der Waals surface area contributed by atoms with Crippen LogP contribution in [0.25, 0.3) is 0 Å². The van der Waals surface area contributed by atoms with Crippen LogP contribution in [-0.4, -0.2) is 22.6 Å². The molecule has 1 aliphatic rings. The van der Waals surface area contributed by atoms with Gasteiger partial charge in [-0.2, -0.15) is 5.06 Å². The molecule has 6 heteroatoms. The zero-order chi connectivity index (χ0) is 16.3. The van der Waals surface area contributed by atoms with E-state index >= 15 is 0 Å². The van der Waals surface area contributed by atoms with E-state index in [-0.39, 0.29) is 17.8 Å². The number of carbonyl (C=O) groups excluding carboxylic acids is 2. The molecule has 0 bridgehead atoms. The molecule has 0 aromatic heterocycles. The molecular weight excluding hydrogens is 287 g/mol. The Bertz CT molecular complexity index is 552. The molecule has 1 N–H and O–H groups in total. The molecule has 0 saturated carbocycles. The molecule has 1 aromatic rings. The summed E-state index contributed by atoms with van der Waals surface area (Å²) in [6.45, 7) is 5.47. The second-order valence-corrected chi connectivity index (χ2v) is 6.43. The Morgan fingerprint density at radius 2 is 1.95 bits per heavy atom. The maximum absolute atomic E-state index is 13.0. The third-order valence-electron chi connectivity index (χ3n) is 3.31. The van der Waals surface area contributed by atoms with Gasteiger partial charge in [-0.1, -0.05) is 12.1 Å². The zero-order valence-corrected chi connectivity index (χ0v) is 13.1. The quantitative estimate of drug-likeness (QED) is 0.912. The lowest BCUT2D eigenvalue weighted by atomic mass is 9.97. The topological polar surface area (TPSA) is 58.6 Å². The molecule has 1 aliphatic heterocycles. The Morgan fingerprint density at radius 3 is 2.55 bits per heavy atom. The first-order chi connectivity index (χ1) is 10.3. The molecule has 1 unspecified atom stereocenters. The van der Waals surface area contributed by atoms with Crippen LogP contribution in [0.2, 0.25) is 0 Å². The van der Waals surface area contributed by atoms with Crippen LogP contribution in [0.3, 0.4) is 0 Å². The molecule has 22 heavy (non-hydrogen) atoms. The van der Waals surface area contributed by atoms with Crippen molar-refractivity contribution in [2.45, 2.75) is 51.6 Å². The number of nitrogens with zero attached hydrogens (tertiary/aromatic N) is 1. The maximum Gasteiger partial charge on any atom is 0.432 e.